The molecule has 26 heavy (non-hydrogen) atoms. The maximum Gasteiger partial charge on any atom is 0.338 e. The summed E-state index contributed by atoms with van der Waals surface area (Å²) in [5, 5.41) is 10.8. The Morgan fingerprint density at radius 1 is 1.08 bits per heavy atom. The molecule has 3 nitrogen and oxygen atoms in total. The topological polar surface area (TPSA) is 46.5 Å². The summed E-state index contributed by atoms with van der Waals surface area (Å²) in [4.78, 5) is 11.9. The van der Waals surface area contributed by atoms with Gasteiger partial charge >= 0.3 is 5.97 Å². The molecule has 0 saturated carbocycles. The molecule has 0 fully saturated rings. The highest BCUT2D eigenvalue weighted by atomic mass is 16.5. The van der Waals surface area contributed by atoms with Crippen molar-refractivity contribution in [2.45, 2.75) is 53.4 Å². The summed E-state index contributed by atoms with van der Waals surface area (Å²) in [6, 6.07) is 9.69. The number of hydrogen-bond donors (Lipinski definition) is 1. The number of rotatable bonds is 4. The minimum atomic E-state index is -0.445. The number of phenols is 1. The van der Waals surface area contributed by atoms with Gasteiger partial charge in [-0.05, 0) is 48.9 Å². The molecule has 0 unspecified atom stereocenters. The summed E-state index contributed by atoms with van der Waals surface area (Å²) in [6.07, 6.45) is 0.483. The third kappa shape index (κ3) is 4.54. The van der Waals surface area contributed by atoms with Gasteiger partial charge in [-0.15, -0.1) is 0 Å². The van der Waals surface area contributed by atoms with Crippen LogP contribution < -0.4 is 4.74 Å². The van der Waals surface area contributed by atoms with Gasteiger partial charge in [0.1, 0.15) is 11.5 Å². The second kappa shape index (κ2) is 7.36. The minimum absolute atomic E-state index is 0.160. The van der Waals surface area contributed by atoms with Gasteiger partial charge in [-0.2, -0.15) is 0 Å². The summed E-state index contributed by atoms with van der Waals surface area (Å²) >= 11 is 0. The fraction of sp³-hybridized carbons (Fsp3) is 0.348. The number of carbonyl (C=O) groups is 1. The second-order valence-corrected chi connectivity index (χ2v) is 8.03. The van der Waals surface area contributed by atoms with E-state index in [-0.39, 0.29) is 5.41 Å². The molecule has 0 saturated heterocycles. The summed E-state index contributed by atoms with van der Waals surface area (Å²) in [6.45, 7) is 15.5. The molecule has 0 aromatic heterocycles. The fourth-order valence-electron chi connectivity index (χ4n) is 2.90. The van der Waals surface area contributed by atoms with E-state index in [9.17, 15) is 9.90 Å². The molecule has 138 valence electrons. The molecule has 2 aromatic carbocycles. The first-order chi connectivity index (χ1) is 12.0. The van der Waals surface area contributed by atoms with Crippen molar-refractivity contribution in [2.24, 2.45) is 0 Å². The average molecular weight is 352 g/mol. The molecule has 0 heterocycles. The van der Waals surface area contributed by atoms with Crippen molar-refractivity contribution in [3.05, 3.63) is 70.3 Å². The number of aryl methyl sites for hydroxylation is 2. The van der Waals surface area contributed by atoms with E-state index in [0.717, 1.165) is 27.8 Å². The van der Waals surface area contributed by atoms with Crippen LogP contribution in [0, 0.1) is 13.8 Å². The van der Waals surface area contributed by atoms with E-state index in [1.54, 1.807) is 13.0 Å². The lowest BCUT2D eigenvalue weighted by Gasteiger charge is -2.23. The second-order valence-electron chi connectivity index (χ2n) is 8.03. The van der Waals surface area contributed by atoms with E-state index < -0.39 is 5.97 Å². The van der Waals surface area contributed by atoms with Crippen molar-refractivity contribution in [3.8, 4) is 11.5 Å². The molecule has 0 aliphatic carbocycles. The number of hydrogen-bond acceptors (Lipinski definition) is 3. The smallest absolute Gasteiger partial charge is 0.338 e. The number of esters is 1. The van der Waals surface area contributed by atoms with E-state index in [1.807, 2.05) is 38.1 Å². The number of aromatic hydroxyl groups is 1. The van der Waals surface area contributed by atoms with Crippen LogP contribution in [0.2, 0.25) is 0 Å². The van der Waals surface area contributed by atoms with Crippen molar-refractivity contribution in [1.29, 1.82) is 0 Å². The van der Waals surface area contributed by atoms with Gasteiger partial charge in [-0.25, -0.2) is 4.79 Å². The normalized spacial score (nSPS) is 11.3. The van der Waals surface area contributed by atoms with E-state index in [4.69, 9.17) is 4.74 Å². The zero-order chi connectivity index (χ0) is 19.6. The van der Waals surface area contributed by atoms with Crippen LogP contribution in [-0.2, 0) is 16.6 Å². The van der Waals surface area contributed by atoms with Gasteiger partial charge in [-0.1, -0.05) is 62.7 Å². The van der Waals surface area contributed by atoms with Gasteiger partial charge in [0.25, 0.3) is 0 Å². The van der Waals surface area contributed by atoms with Gasteiger partial charge in [0.05, 0.1) is 0 Å². The molecule has 0 bridgehead atoms. The zero-order valence-corrected chi connectivity index (χ0v) is 16.6. The maximum absolute atomic E-state index is 11.9. The average Bonchev–Trinajstić information content (AvgIpc) is 2.51. The van der Waals surface area contributed by atoms with E-state index >= 15 is 0 Å². The summed E-state index contributed by atoms with van der Waals surface area (Å²) in [5.41, 5.74) is 4.96. The Hall–Kier alpha value is -2.55. The Morgan fingerprint density at radius 2 is 1.69 bits per heavy atom. The predicted molar refractivity (Wildman–Crippen MR) is 106 cm³/mol. The molecule has 1 N–H and O–H groups in total. The lowest BCUT2D eigenvalue weighted by atomic mass is 9.83. The highest BCUT2D eigenvalue weighted by Crippen LogP contribution is 2.36. The van der Waals surface area contributed by atoms with Crippen LogP contribution in [0.25, 0.3) is 0 Å². The minimum Gasteiger partial charge on any atom is -0.507 e. The highest BCUT2D eigenvalue weighted by Gasteiger charge is 2.21. The number of ether oxygens (including phenoxy) is 1. The molecule has 2 aromatic rings. The highest BCUT2D eigenvalue weighted by molar-refractivity contribution is 5.89. The van der Waals surface area contributed by atoms with Crippen LogP contribution >= 0.6 is 0 Å². The monoisotopic (exact) mass is 352 g/mol. The molecule has 0 aliphatic heterocycles. The first kappa shape index (κ1) is 19.8. The summed E-state index contributed by atoms with van der Waals surface area (Å²) in [7, 11) is 0. The zero-order valence-electron chi connectivity index (χ0n) is 16.6. The SMILES string of the molecule is C=C(C)C(=O)Oc1ccc(C)cc1Cc1cc(C)cc(C(C)(C)C)c1O. The molecule has 3 heteroatoms. The first-order valence-corrected chi connectivity index (χ1v) is 8.79. The molecule has 0 atom stereocenters. The maximum atomic E-state index is 11.9. The van der Waals surface area contributed by atoms with Crippen molar-refractivity contribution < 1.29 is 14.6 Å². The van der Waals surface area contributed by atoms with Gasteiger partial charge in [0, 0.05) is 12.0 Å². The van der Waals surface area contributed by atoms with Gasteiger partial charge < -0.3 is 9.84 Å². The number of phenolic OH excluding ortho intramolecular Hbond substituents is 1. The van der Waals surface area contributed by atoms with Crippen LogP contribution in [0.15, 0.2) is 42.5 Å². The molecule has 2 rings (SSSR count). The molecular weight excluding hydrogens is 324 g/mol. The third-order valence-corrected chi connectivity index (χ3v) is 4.29. The van der Waals surface area contributed by atoms with Crippen molar-refractivity contribution >= 4 is 5.97 Å². The standard InChI is InChI=1S/C23H28O3/c1-14(2)22(25)26-20-9-8-15(3)10-17(20)13-18-11-16(4)12-19(21(18)24)23(5,6)7/h8-12,24H,1,13H2,2-7H3. The Balaban J connectivity index is 2.49. The van der Waals surface area contributed by atoms with E-state index in [1.165, 1.54) is 0 Å². The predicted octanol–water partition coefficient (Wildman–Crippen LogP) is 5.38. The largest absolute Gasteiger partial charge is 0.507 e. The van der Waals surface area contributed by atoms with Crippen molar-refractivity contribution in [1.82, 2.24) is 0 Å². The van der Waals surface area contributed by atoms with Crippen LogP contribution in [0.4, 0.5) is 0 Å². The number of benzene rings is 2. The molecule has 0 amide bonds. The van der Waals surface area contributed by atoms with Gasteiger partial charge in [0.2, 0.25) is 0 Å². The van der Waals surface area contributed by atoms with Crippen LogP contribution in [0.3, 0.4) is 0 Å². The van der Waals surface area contributed by atoms with Crippen LogP contribution in [0.1, 0.15) is 55.5 Å². The summed E-state index contributed by atoms with van der Waals surface area (Å²) in [5.74, 6) is 0.363. The molecular formula is C23H28O3. The Labute approximate surface area is 156 Å². The van der Waals surface area contributed by atoms with Gasteiger partial charge in [0.15, 0.2) is 0 Å². The lowest BCUT2D eigenvalue weighted by molar-refractivity contribution is -0.130. The quantitative estimate of drug-likeness (QED) is 0.456. The van der Waals surface area contributed by atoms with E-state index in [0.29, 0.717) is 23.5 Å². The lowest BCUT2D eigenvalue weighted by Crippen LogP contribution is -2.13. The molecule has 0 radical (unpaired) electrons. The van der Waals surface area contributed by atoms with E-state index in [2.05, 4.69) is 27.4 Å². The fourth-order valence-corrected chi connectivity index (χ4v) is 2.90. The Bertz CT molecular complexity index is 854. The third-order valence-electron chi connectivity index (χ3n) is 4.29. The van der Waals surface area contributed by atoms with Crippen LogP contribution in [0.5, 0.6) is 11.5 Å². The van der Waals surface area contributed by atoms with Crippen molar-refractivity contribution in [3.63, 3.8) is 0 Å². The Kier molecular flexibility index (Phi) is 5.60. The Morgan fingerprint density at radius 3 is 2.27 bits per heavy atom. The van der Waals surface area contributed by atoms with Crippen LogP contribution in [-0.4, -0.2) is 11.1 Å². The van der Waals surface area contributed by atoms with Gasteiger partial charge in [-0.3, -0.25) is 0 Å². The summed E-state index contributed by atoms with van der Waals surface area (Å²) < 4.78 is 5.48. The molecule has 0 aliphatic rings. The molecule has 0 spiro atoms. The van der Waals surface area contributed by atoms with Crippen molar-refractivity contribution in [2.75, 3.05) is 0 Å². The first-order valence-electron chi connectivity index (χ1n) is 8.79. The number of carbonyl (C=O) groups excluding carboxylic acids is 1.